The highest BCUT2D eigenvalue weighted by atomic mass is 16.6. The standard InChI is InChI=1S/C14H20N4O3/c1-15-13-9-11(12(10-16-13)18(20)21)14(19)17-7-5-3-2-4-6-8-17/h9-10H,2-8H2,1H3,(H,15,16). The SMILES string of the molecule is CNc1cc(C(=O)N2CCCCCCC2)c([N+](=O)[O-])cn1. The van der Waals surface area contributed by atoms with Crippen molar-refractivity contribution in [3.63, 3.8) is 0 Å². The molecular formula is C14H20N4O3. The van der Waals surface area contributed by atoms with E-state index in [2.05, 4.69) is 10.3 Å². The average molecular weight is 292 g/mol. The Morgan fingerprint density at radius 1 is 1.29 bits per heavy atom. The molecule has 114 valence electrons. The minimum absolute atomic E-state index is 0.111. The van der Waals surface area contributed by atoms with Gasteiger partial charge in [0, 0.05) is 26.2 Å². The van der Waals surface area contributed by atoms with Gasteiger partial charge in [-0.05, 0) is 12.8 Å². The number of likely N-dealkylation sites (tertiary alicyclic amines) is 1. The van der Waals surface area contributed by atoms with Crippen molar-refractivity contribution >= 4 is 17.4 Å². The van der Waals surface area contributed by atoms with Crippen LogP contribution in [0.2, 0.25) is 0 Å². The number of nitrogens with zero attached hydrogens (tertiary/aromatic N) is 3. The molecule has 0 saturated carbocycles. The molecule has 1 aliphatic heterocycles. The van der Waals surface area contributed by atoms with Gasteiger partial charge in [-0.25, -0.2) is 4.98 Å². The average Bonchev–Trinajstić information content (AvgIpc) is 2.45. The van der Waals surface area contributed by atoms with Crippen molar-refractivity contribution in [1.82, 2.24) is 9.88 Å². The number of aromatic nitrogens is 1. The Morgan fingerprint density at radius 2 is 1.90 bits per heavy atom. The van der Waals surface area contributed by atoms with E-state index in [1.165, 1.54) is 12.5 Å². The molecule has 2 rings (SSSR count). The molecule has 1 N–H and O–H groups in total. The number of anilines is 1. The van der Waals surface area contributed by atoms with Crippen LogP contribution in [-0.2, 0) is 0 Å². The van der Waals surface area contributed by atoms with Gasteiger partial charge in [0.05, 0.1) is 4.92 Å². The predicted molar refractivity (Wildman–Crippen MR) is 79.4 cm³/mol. The number of amides is 1. The second-order valence-corrected chi connectivity index (χ2v) is 5.15. The Balaban J connectivity index is 2.29. The molecule has 0 atom stereocenters. The smallest absolute Gasteiger partial charge is 0.300 e. The minimum atomic E-state index is -0.552. The number of nitrogens with one attached hydrogen (secondary N) is 1. The van der Waals surface area contributed by atoms with Crippen LogP contribution in [0.3, 0.4) is 0 Å². The van der Waals surface area contributed by atoms with Gasteiger partial charge in [-0.15, -0.1) is 0 Å². The largest absolute Gasteiger partial charge is 0.373 e. The van der Waals surface area contributed by atoms with Crippen LogP contribution >= 0.6 is 0 Å². The van der Waals surface area contributed by atoms with E-state index in [9.17, 15) is 14.9 Å². The summed E-state index contributed by atoms with van der Waals surface area (Å²) in [7, 11) is 1.67. The van der Waals surface area contributed by atoms with Crippen LogP contribution in [0, 0.1) is 10.1 Å². The van der Waals surface area contributed by atoms with E-state index in [4.69, 9.17) is 0 Å². The fourth-order valence-corrected chi connectivity index (χ4v) is 2.52. The molecule has 1 aromatic heterocycles. The number of rotatable bonds is 3. The molecule has 0 radical (unpaired) electrons. The van der Waals surface area contributed by atoms with E-state index >= 15 is 0 Å². The summed E-state index contributed by atoms with van der Waals surface area (Å²) in [5.41, 5.74) is -0.124. The van der Waals surface area contributed by atoms with Gasteiger partial charge in [-0.1, -0.05) is 19.3 Å². The van der Waals surface area contributed by atoms with Crippen molar-refractivity contribution < 1.29 is 9.72 Å². The molecule has 1 amide bonds. The predicted octanol–water partition coefficient (Wildman–Crippen LogP) is 2.44. The van der Waals surface area contributed by atoms with E-state index in [1.54, 1.807) is 11.9 Å². The zero-order chi connectivity index (χ0) is 15.2. The molecule has 1 aliphatic rings. The summed E-state index contributed by atoms with van der Waals surface area (Å²) in [5, 5.41) is 13.9. The van der Waals surface area contributed by atoms with Crippen molar-refractivity contribution in [2.75, 3.05) is 25.5 Å². The molecule has 0 spiro atoms. The first-order valence-electron chi connectivity index (χ1n) is 7.25. The Hall–Kier alpha value is -2.18. The normalized spacial score (nSPS) is 16.0. The van der Waals surface area contributed by atoms with E-state index in [0.29, 0.717) is 18.9 Å². The quantitative estimate of drug-likeness (QED) is 0.682. The van der Waals surface area contributed by atoms with Gasteiger partial charge < -0.3 is 10.2 Å². The Morgan fingerprint density at radius 3 is 2.48 bits per heavy atom. The number of carbonyl (C=O) groups is 1. The van der Waals surface area contributed by atoms with Crippen molar-refractivity contribution in [2.24, 2.45) is 0 Å². The molecule has 7 nitrogen and oxygen atoms in total. The molecule has 0 aliphatic carbocycles. The third-order valence-corrected chi connectivity index (χ3v) is 3.71. The van der Waals surface area contributed by atoms with Crippen molar-refractivity contribution in [3.05, 3.63) is 27.9 Å². The third-order valence-electron chi connectivity index (χ3n) is 3.71. The molecule has 1 aromatic rings. The Bertz CT molecular complexity index is 525. The molecule has 7 heteroatoms. The van der Waals surface area contributed by atoms with Crippen LogP contribution in [0.15, 0.2) is 12.3 Å². The minimum Gasteiger partial charge on any atom is -0.373 e. The molecule has 0 unspecified atom stereocenters. The lowest BCUT2D eigenvalue weighted by molar-refractivity contribution is -0.385. The van der Waals surface area contributed by atoms with Crippen LogP contribution in [0.5, 0.6) is 0 Å². The van der Waals surface area contributed by atoms with Gasteiger partial charge >= 0.3 is 0 Å². The first kappa shape index (κ1) is 15.2. The molecular weight excluding hydrogens is 272 g/mol. The van der Waals surface area contributed by atoms with E-state index < -0.39 is 4.92 Å². The molecule has 0 bridgehead atoms. The van der Waals surface area contributed by atoms with Crippen LogP contribution in [0.25, 0.3) is 0 Å². The maximum Gasteiger partial charge on any atom is 0.300 e. The number of hydrogen-bond donors (Lipinski definition) is 1. The van der Waals surface area contributed by atoms with Crippen molar-refractivity contribution in [1.29, 1.82) is 0 Å². The summed E-state index contributed by atoms with van der Waals surface area (Å²) in [6, 6.07) is 1.46. The zero-order valence-corrected chi connectivity index (χ0v) is 12.2. The lowest BCUT2D eigenvalue weighted by Crippen LogP contribution is -2.34. The van der Waals surface area contributed by atoms with Crippen molar-refractivity contribution in [2.45, 2.75) is 32.1 Å². The maximum absolute atomic E-state index is 12.6. The molecule has 1 saturated heterocycles. The van der Waals surface area contributed by atoms with E-state index in [0.717, 1.165) is 31.9 Å². The summed E-state index contributed by atoms with van der Waals surface area (Å²) >= 11 is 0. The van der Waals surface area contributed by atoms with Crippen LogP contribution in [-0.4, -0.2) is 40.9 Å². The van der Waals surface area contributed by atoms with Crippen LogP contribution in [0.1, 0.15) is 42.5 Å². The van der Waals surface area contributed by atoms with E-state index in [-0.39, 0.29) is 17.2 Å². The second-order valence-electron chi connectivity index (χ2n) is 5.15. The lowest BCUT2D eigenvalue weighted by atomic mass is 10.1. The molecule has 2 heterocycles. The van der Waals surface area contributed by atoms with Gasteiger partial charge in [0.25, 0.3) is 11.6 Å². The zero-order valence-electron chi connectivity index (χ0n) is 12.2. The number of nitro groups is 1. The number of carbonyl (C=O) groups excluding carboxylic acids is 1. The summed E-state index contributed by atoms with van der Waals surface area (Å²) < 4.78 is 0. The number of hydrogen-bond acceptors (Lipinski definition) is 5. The summed E-state index contributed by atoms with van der Waals surface area (Å²) in [4.78, 5) is 28.8. The van der Waals surface area contributed by atoms with Crippen LogP contribution < -0.4 is 5.32 Å². The molecule has 1 fully saturated rings. The summed E-state index contributed by atoms with van der Waals surface area (Å²) in [6.45, 7) is 1.32. The highest BCUT2D eigenvalue weighted by Gasteiger charge is 2.26. The Kier molecular flexibility index (Phi) is 5.08. The first-order valence-corrected chi connectivity index (χ1v) is 7.25. The van der Waals surface area contributed by atoms with Crippen molar-refractivity contribution in [3.8, 4) is 0 Å². The molecule has 0 aromatic carbocycles. The maximum atomic E-state index is 12.6. The van der Waals surface area contributed by atoms with E-state index in [1.807, 2.05) is 0 Å². The molecule has 21 heavy (non-hydrogen) atoms. The highest BCUT2D eigenvalue weighted by molar-refractivity contribution is 5.98. The fourth-order valence-electron chi connectivity index (χ4n) is 2.52. The van der Waals surface area contributed by atoms with Gasteiger partial charge in [0.15, 0.2) is 0 Å². The summed E-state index contributed by atoms with van der Waals surface area (Å²) in [6.07, 6.45) is 6.44. The van der Waals surface area contributed by atoms with Gasteiger partial charge in [-0.2, -0.15) is 0 Å². The number of pyridine rings is 1. The topological polar surface area (TPSA) is 88.4 Å². The van der Waals surface area contributed by atoms with Gasteiger partial charge in [0.2, 0.25) is 0 Å². The monoisotopic (exact) mass is 292 g/mol. The second kappa shape index (κ2) is 7.01. The summed E-state index contributed by atoms with van der Waals surface area (Å²) in [5.74, 6) is 0.179. The lowest BCUT2D eigenvalue weighted by Gasteiger charge is -2.24. The van der Waals surface area contributed by atoms with Gasteiger partial charge in [0.1, 0.15) is 17.6 Å². The Labute approximate surface area is 123 Å². The first-order chi connectivity index (χ1) is 10.1. The highest BCUT2D eigenvalue weighted by Crippen LogP contribution is 2.23. The third kappa shape index (κ3) is 3.68. The van der Waals surface area contributed by atoms with Crippen LogP contribution in [0.4, 0.5) is 11.5 Å². The van der Waals surface area contributed by atoms with Gasteiger partial charge in [-0.3, -0.25) is 14.9 Å². The fraction of sp³-hybridized carbons (Fsp3) is 0.571.